The molecule has 0 bridgehead atoms. The van der Waals surface area contributed by atoms with Crippen LogP contribution in [0.3, 0.4) is 0 Å². The molecule has 2 aromatic carbocycles. The number of aromatic nitrogens is 4. The number of carbonyl (C=O) groups excluding carboxylic acids is 2. The molecular weight excluding hydrogens is 864 g/mol. The van der Waals surface area contributed by atoms with Crippen molar-refractivity contribution in [2.45, 2.75) is 89.8 Å². The molecule has 4 N–H and O–H groups in total. The van der Waals surface area contributed by atoms with Crippen molar-refractivity contribution in [3.05, 3.63) is 83.2 Å². The number of phenols is 1. The maximum absolute atomic E-state index is 16.0. The lowest BCUT2D eigenvalue weighted by Gasteiger charge is -2.47. The summed E-state index contributed by atoms with van der Waals surface area (Å²) in [5.41, 5.74) is 6.85. The number of benzene rings is 2. The van der Waals surface area contributed by atoms with E-state index in [0.29, 0.717) is 62.0 Å². The number of ether oxygens (including phenoxy) is 1. The average Bonchev–Trinajstić information content (AvgIpc) is 4.06. The van der Waals surface area contributed by atoms with Crippen molar-refractivity contribution in [3.63, 3.8) is 0 Å². The van der Waals surface area contributed by atoms with Crippen molar-refractivity contribution < 1.29 is 33.5 Å². The van der Waals surface area contributed by atoms with Crippen LogP contribution in [0.15, 0.2) is 70.7 Å². The third kappa shape index (κ3) is 10.2. The van der Waals surface area contributed by atoms with Gasteiger partial charge in [-0.25, -0.2) is 9.37 Å². The fourth-order valence-corrected chi connectivity index (χ4v) is 10.5. The van der Waals surface area contributed by atoms with E-state index < -0.39 is 24.2 Å². The van der Waals surface area contributed by atoms with Crippen molar-refractivity contribution in [2.24, 2.45) is 5.92 Å². The summed E-state index contributed by atoms with van der Waals surface area (Å²) in [6, 6.07) is 17.3. The lowest BCUT2D eigenvalue weighted by molar-refractivity contribution is -0.141. The minimum atomic E-state index is -1.04. The molecule has 3 saturated heterocycles. The quantitative estimate of drug-likeness (QED) is 0.0974. The second-order valence-electron chi connectivity index (χ2n) is 18.1. The summed E-state index contributed by atoms with van der Waals surface area (Å²) in [5, 5.41) is 40.3. The molecule has 8 rings (SSSR count). The SMILES string of the molecule is CNc1nnc(-c2ccccc2O)cc1N1CCN(C2CCN(CCOc3cc([C@H](C(=O)N4C[C@H](O)C[C@H]4C(=O)N[C@@H](C)c4ccc(-c5scnc5C)cc4)C(C)C)on3)CC2F)C[C@@H]1C. The Morgan fingerprint density at radius 2 is 1.82 bits per heavy atom. The van der Waals surface area contributed by atoms with E-state index in [-0.39, 0.29) is 73.6 Å². The van der Waals surface area contributed by atoms with E-state index in [0.717, 1.165) is 27.4 Å². The second kappa shape index (κ2) is 20.4. The highest BCUT2D eigenvalue weighted by molar-refractivity contribution is 7.13. The summed E-state index contributed by atoms with van der Waals surface area (Å²) in [6.45, 7) is 13.7. The highest BCUT2D eigenvalue weighted by atomic mass is 32.1. The average molecular weight is 925 g/mol. The Hall–Kier alpha value is -5.69. The lowest BCUT2D eigenvalue weighted by atomic mass is 9.91. The lowest BCUT2D eigenvalue weighted by Crippen LogP contribution is -2.60. The number of halogens is 1. The molecule has 0 saturated carbocycles. The van der Waals surface area contributed by atoms with Gasteiger partial charge in [0.1, 0.15) is 30.5 Å². The van der Waals surface area contributed by atoms with E-state index in [1.54, 1.807) is 29.5 Å². The number of hydrogen-bond acceptors (Lipinski definition) is 15. The number of amides is 2. The molecule has 18 heteroatoms. The number of carbonyl (C=O) groups is 2. The highest BCUT2D eigenvalue weighted by Crippen LogP contribution is 2.36. The smallest absolute Gasteiger partial charge is 0.254 e. The molecule has 3 fully saturated rings. The number of nitrogens with zero attached hydrogens (tertiary/aromatic N) is 8. The molecule has 3 aliphatic rings. The fraction of sp³-hybridized carbons (Fsp3) is 0.500. The van der Waals surface area contributed by atoms with Crippen molar-refractivity contribution in [1.29, 1.82) is 0 Å². The van der Waals surface area contributed by atoms with E-state index in [1.807, 2.05) is 82.7 Å². The number of nitrogens with one attached hydrogen (secondary N) is 2. The largest absolute Gasteiger partial charge is 0.507 e. The first kappa shape index (κ1) is 46.8. The van der Waals surface area contributed by atoms with Gasteiger partial charge in [-0.2, -0.15) is 0 Å². The van der Waals surface area contributed by atoms with E-state index in [4.69, 9.17) is 9.26 Å². The summed E-state index contributed by atoms with van der Waals surface area (Å²) in [5.74, 6) is -0.319. The highest BCUT2D eigenvalue weighted by Gasteiger charge is 2.44. The summed E-state index contributed by atoms with van der Waals surface area (Å²) in [6.07, 6.45) is -1.08. The summed E-state index contributed by atoms with van der Waals surface area (Å²) in [7, 11) is 1.81. The third-order valence-electron chi connectivity index (χ3n) is 13.3. The van der Waals surface area contributed by atoms with Gasteiger partial charge in [0, 0.05) is 76.5 Å². The Morgan fingerprint density at radius 1 is 1.03 bits per heavy atom. The molecule has 6 heterocycles. The minimum absolute atomic E-state index is 0.0277. The number of aliphatic hydroxyl groups excluding tert-OH is 1. The number of β-amino-alcohol motifs (C(OH)–C–C–N with tert-alkyl or cyclic N) is 1. The summed E-state index contributed by atoms with van der Waals surface area (Å²) < 4.78 is 27.6. The molecule has 0 aliphatic carbocycles. The molecule has 16 nitrogen and oxygen atoms in total. The van der Waals surface area contributed by atoms with Gasteiger partial charge >= 0.3 is 0 Å². The van der Waals surface area contributed by atoms with Crippen LogP contribution in [0, 0.1) is 12.8 Å². The zero-order valence-electron chi connectivity index (χ0n) is 38.4. The van der Waals surface area contributed by atoms with Crippen LogP contribution < -0.4 is 20.3 Å². The molecule has 7 atom stereocenters. The zero-order valence-corrected chi connectivity index (χ0v) is 39.2. The first-order valence-electron chi connectivity index (χ1n) is 22.9. The number of rotatable bonds is 15. The number of thiazole rings is 1. The van der Waals surface area contributed by atoms with Gasteiger partial charge in [-0.1, -0.05) is 50.2 Å². The van der Waals surface area contributed by atoms with Crippen LogP contribution in [0.25, 0.3) is 21.7 Å². The van der Waals surface area contributed by atoms with Crippen molar-refractivity contribution >= 4 is 34.7 Å². The van der Waals surface area contributed by atoms with Crippen LogP contribution in [-0.2, 0) is 9.59 Å². The number of alkyl halides is 1. The minimum Gasteiger partial charge on any atom is -0.507 e. The monoisotopic (exact) mass is 924 g/mol. The third-order valence-corrected chi connectivity index (χ3v) is 14.2. The molecule has 0 radical (unpaired) electrons. The molecule has 0 spiro atoms. The van der Waals surface area contributed by atoms with Crippen molar-refractivity contribution in [3.8, 4) is 33.3 Å². The van der Waals surface area contributed by atoms with Crippen LogP contribution in [0.1, 0.15) is 69.5 Å². The van der Waals surface area contributed by atoms with Crippen LogP contribution in [0.5, 0.6) is 11.6 Å². The van der Waals surface area contributed by atoms with Crippen molar-refractivity contribution in [2.75, 3.05) is 69.7 Å². The van der Waals surface area contributed by atoms with Crippen LogP contribution in [0.2, 0.25) is 0 Å². The van der Waals surface area contributed by atoms with Gasteiger partial charge in [-0.3, -0.25) is 19.4 Å². The standard InChI is InChI=1S/C48H61FN10O6S/c1-28(2)44(48(63)59-25-34(60)21-40(59)47(62)52-30(4)32-11-13-33(14-12-32)45-31(5)51-27-66-45)42-23-43(55-65-42)64-20-19-56-16-15-38(36(49)26-56)57-17-18-58(29(3)24-57)39-22-37(53-54-46(39)50-6)35-9-7-8-10-41(35)61/h7-14,22-23,27-30,34,36,38,40,44,60-61H,15-21,24-26H2,1-6H3,(H,50,54)(H,52,62)/t29-,30-,34+,36?,38?,40-,44+/m0/s1. The van der Waals surface area contributed by atoms with E-state index in [9.17, 15) is 19.8 Å². The molecule has 2 unspecified atom stereocenters. The Bertz CT molecular complexity index is 2450. The van der Waals surface area contributed by atoms with Gasteiger partial charge < -0.3 is 39.9 Å². The Morgan fingerprint density at radius 3 is 2.52 bits per heavy atom. The zero-order chi connectivity index (χ0) is 46.6. The molecule has 66 heavy (non-hydrogen) atoms. The topological polar surface area (TPSA) is 186 Å². The van der Waals surface area contributed by atoms with Gasteiger partial charge in [0.15, 0.2) is 11.6 Å². The van der Waals surface area contributed by atoms with Crippen LogP contribution in [-0.4, -0.2) is 147 Å². The summed E-state index contributed by atoms with van der Waals surface area (Å²) in [4.78, 5) is 41.4. The molecular formula is C48H61FN10O6S. The summed E-state index contributed by atoms with van der Waals surface area (Å²) >= 11 is 1.58. The number of aryl methyl sites for hydroxylation is 1. The van der Waals surface area contributed by atoms with Crippen LogP contribution >= 0.6 is 11.3 Å². The maximum Gasteiger partial charge on any atom is 0.254 e. The Kier molecular flexibility index (Phi) is 14.5. The number of hydrogen-bond donors (Lipinski definition) is 4. The fourth-order valence-electron chi connectivity index (χ4n) is 9.70. The maximum atomic E-state index is 16.0. The molecule has 3 aromatic heterocycles. The molecule has 2 amide bonds. The molecule has 5 aromatic rings. The molecule has 3 aliphatic heterocycles. The Balaban J connectivity index is 0.817. The first-order valence-corrected chi connectivity index (χ1v) is 23.8. The van der Waals surface area contributed by atoms with Gasteiger partial charge in [0.05, 0.1) is 39.6 Å². The predicted octanol–water partition coefficient (Wildman–Crippen LogP) is 5.89. The van der Waals surface area contributed by atoms with Crippen molar-refractivity contribution in [1.82, 2.24) is 40.4 Å². The number of para-hydroxylation sites is 1. The number of piperazine rings is 1. The number of piperidine rings is 1. The van der Waals surface area contributed by atoms with E-state index >= 15 is 4.39 Å². The molecule has 352 valence electrons. The normalized spacial score (nSPS) is 22.7. The predicted molar refractivity (Wildman–Crippen MR) is 251 cm³/mol. The van der Waals surface area contributed by atoms with E-state index in [2.05, 4.69) is 52.6 Å². The van der Waals surface area contributed by atoms with Gasteiger partial charge in [-0.15, -0.1) is 21.5 Å². The number of likely N-dealkylation sites (tertiary alicyclic amines) is 2. The second-order valence-corrected chi connectivity index (χ2v) is 18.9. The number of aromatic hydroxyl groups is 1. The Labute approximate surface area is 389 Å². The van der Waals surface area contributed by atoms with E-state index in [1.165, 1.54) is 4.90 Å². The first-order chi connectivity index (χ1) is 31.8. The number of phenolic OH excluding ortho intramolecular Hbond substituents is 1. The number of anilines is 2. The number of aliphatic hydroxyl groups is 1. The van der Waals surface area contributed by atoms with Gasteiger partial charge in [0.25, 0.3) is 5.88 Å². The van der Waals surface area contributed by atoms with Gasteiger partial charge in [0.2, 0.25) is 11.8 Å². The van der Waals surface area contributed by atoms with Gasteiger partial charge in [-0.05, 0) is 74.1 Å². The van der Waals surface area contributed by atoms with Crippen LogP contribution in [0.4, 0.5) is 15.9 Å².